The van der Waals surface area contributed by atoms with E-state index in [1.54, 1.807) is 7.11 Å². The molecule has 0 saturated heterocycles. The number of ether oxygens (including phenoxy) is 1. The highest BCUT2D eigenvalue weighted by Gasteiger charge is 1.83. The van der Waals surface area contributed by atoms with Gasteiger partial charge in [-0.2, -0.15) is 0 Å². The summed E-state index contributed by atoms with van der Waals surface area (Å²) >= 11 is 0. The summed E-state index contributed by atoms with van der Waals surface area (Å²) in [6, 6.07) is 0. The fraction of sp³-hybridized carbons (Fsp3) is 0.600. The monoisotopic (exact) mass is 156 g/mol. The average Bonchev–Trinajstić information content (AvgIpc) is 2.07. The van der Waals surface area contributed by atoms with E-state index in [4.69, 9.17) is 4.74 Å². The summed E-state index contributed by atoms with van der Waals surface area (Å²) in [5.74, 6) is 0.950. The predicted octanol–water partition coefficient (Wildman–Crippen LogP) is 3.53. The number of allylic oxidation sites excluding steroid dienone is 4. The third-order valence-electron chi connectivity index (χ3n) is 1.21. The van der Waals surface area contributed by atoms with Crippen LogP contribution in [0.15, 0.2) is 23.5 Å². The Morgan fingerprint density at radius 2 is 1.64 bits per heavy atom. The Morgan fingerprint density at radius 1 is 1.18 bits per heavy atom. The summed E-state index contributed by atoms with van der Waals surface area (Å²) in [6.45, 7) is 9.99. The van der Waals surface area contributed by atoms with Crippen LogP contribution < -0.4 is 0 Å². The number of methoxy groups -OCH3 is 1. The Hall–Kier alpha value is -0.720. The minimum Gasteiger partial charge on any atom is -0.501 e. The molecule has 0 fully saturated rings. The van der Waals surface area contributed by atoms with Gasteiger partial charge in [0.1, 0.15) is 0 Å². The topological polar surface area (TPSA) is 9.23 Å². The molecule has 0 aliphatic heterocycles. The van der Waals surface area contributed by atoms with Crippen molar-refractivity contribution in [2.75, 3.05) is 7.11 Å². The maximum atomic E-state index is 4.94. The maximum Gasteiger partial charge on any atom is 0.0927 e. The first-order valence-corrected chi connectivity index (χ1v) is 4.06. The van der Waals surface area contributed by atoms with Gasteiger partial charge in [0, 0.05) is 0 Å². The molecule has 0 amide bonds. The first kappa shape index (κ1) is 12.9. The van der Waals surface area contributed by atoms with E-state index in [2.05, 4.69) is 0 Å². The second kappa shape index (κ2) is 9.28. The van der Waals surface area contributed by atoms with E-state index in [1.165, 1.54) is 5.57 Å². The highest BCUT2D eigenvalue weighted by Crippen LogP contribution is 2.00. The van der Waals surface area contributed by atoms with Gasteiger partial charge in [-0.3, -0.25) is 0 Å². The summed E-state index contributed by atoms with van der Waals surface area (Å²) in [6.07, 6.45) is 4.04. The average molecular weight is 156 g/mol. The van der Waals surface area contributed by atoms with Gasteiger partial charge in [-0.25, -0.2) is 0 Å². The van der Waals surface area contributed by atoms with E-state index in [-0.39, 0.29) is 0 Å². The second-order valence-corrected chi connectivity index (χ2v) is 1.99. The van der Waals surface area contributed by atoms with Crippen LogP contribution in [-0.2, 0) is 4.74 Å². The van der Waals surface area contributed by atoms with Crippen LogP contribution in [0.2, 0.25) is 0 Å². The van der Waals surface area contributed by atoms with Gasteiger partial charge in [-0.1, -0.05) is 25.5 Å². The molecule has 0 aromatic heterocycles. The van der Waals surface area contributed by atoms with Gasteiger partial charge >= 0.3 is 0 Å². The molecular weight excluding hydrogens is 136 g/mol. The van der Waals surface area contributed by atoms with Crippen LogP contribution in [-0.4, -0.2) is 7.11 Å². The fourth-order valence-electron chi connectivity index (χ4n) is 0.463. The molecule has 0 bridgehead atoms. The summed E-state index contributed by atoms with van der Waals surface area (Å²) < 4.78 is 4.94. The van der Waals surface area contributed by atoms with Gasteiger partial charge in [-0.15, -0.1) is 0 Å². The molecule has 0 atom stereocenters. The Kier molecular flexibility index (Phi) is 10.9. The van der Waals surface area contributed by atoms with E-state index >= 15 is 0 Å². The van der Waals surface area contributed by atoms with Crippen LogP contribution in [0.25, 0.3) is 0 Å². The Labute approximate surface area is 70.8 Å². The molecule has 0 saturated carbocycles. The van der Waals surface area contributed by atoms with Gasteiger partial charge in [-0.05, 0) is 26.8 Å². The fourth-order valence-corrected chi connectivity index (χ4v) is 0.463. The summed E-state index contributed by atoms with van der Waals surface area (Å²) in [5, 5.41) is 0. The van der Waals surface area contributed by atoms with E-state index in [1.807, 2.05) is 46.8 Å². The van der Waals surface area contributed by atoms with Gasteiger partial charge in [0.15, 0.2) is 0 Å². The van der Waals surface area contributed by atoms with E-state index in [9.17, 15) is 0 Å². The number of hydrogen-bond acceptors (Lipinski definition) is 1. The van der Waals surface area contributed by atoms with Crippen molar-refractivity contribution in [3.63, 3.8) is 0 Å². The quantitative estimate of drug-likeness (QED) is 0.439. The minimum atomic E-state index is 0.950. The van der Waals surface area contributed by atoms with Crippen LogP contribution in [0.3, 0.4) is 0 Å². The van der Waals surface area contributed by atoms with Crippen molar-refractivity contribution in [1.82, 2.24) is 0 Å². The highest BCUT2D eigenvalue weighted by atomic mass is 16.5. The summed E-state index contributed by atoms with van der Waals surface area (Å²) in [5.41, 5.74) is 1.23. The van der Waals surface area contributed by atoms with Gasteiger partial charge in [0.05, 0.1) is 12.9 Å². The molecule has 0 aliphatic rings. The van der Waals surface area contributed by atoms with Gasteiger partial charge in [0.25, 0.3) is 0 Å². The zero-order chi connectivity index (χ0) is 9.28. The van der Waals surface area contributed by atoms with Gasteiger partial charge < -0.3 is 4.74 Å². The number of rotatable bonds is 2. The van der Waals surface area contributed by atoms with Crippen molar-refractivity contribution in [2.45, 2.75) is 34.6 Å². The lowest BCUT2D eigenvalue weighted by Gasteiger charge is -1.96. The molecule has 0 N–H and O–H groups in total. The van der Waals surface area contributed by atoms with E-state index in [0.717, 1.165) is 5.76 Å². The first-order valence-electron chi connectivity index (χ1n) is 4.06. The third-order valence-corrected chi connectivity index (χ3v) is 1.21. The maximum absolute atomic E-state index is 4.94. The van der Waals surface area contributed by atoms with Crippen molar-refractivity contribution < 1.29 is 4.74 Å². The van der Waals surface area contributed by atoms with Crippen LogP contribution in [0, 0.1) is 0 Å². The predicted molar refractivity (Wildman–Crippen MR) is 51.5 cm³/mol. The lowest BCUT2D eigenvalue weighted by atomic mass is 10.2. The zero-order valence-corrected chi connectivity index (χ0v) is 8.56. The van der Waals surface area contributed by atoms with Crippen LogP contribution in [0.1, 0.15) is 34.6 Å². The van der Waals surface area contributed by atoms with Crippen molar-refractivity contribution in [1.29, 1.82) is 0 Å². The normalized spacial score (nSPS) is 11.8. The smallest absolute Gasteiger partial charge is 0.0927 e. The largest absolute Gasteiger partial charge is 0.501 e. The standard InChI is InChI=1S/C8H14O.C2H6/c1-5-7(2)6-8(3)9-4;1-2/h5-6H,1-4H3;1-2H3/b7-5-,8-6+;. The molecular formula is C10H20O. The molecule has 66 valence electrons. The number of hydrogen-bond donors (Lipinski definition) is 0. The van der Waals surface area contributed by atoms with E-state index < -0.39 is 0 Å². The molecule has 0 rings (SSSR count). The van der Waals surface area contributed by atoms with Crippen molar-refractivity contribution in [2.24, 2.45) is 0 Å². The van der Waals surface area contributed by atoms with Crippen molar-refractivity contribution >= 4 is 0 Å². The molecule has 0 radical (unpaired) electrons. The third kappa shape index (κ3) is 9.28. The second-order valence-electron chi connectivity index (χ2n) is 1.99. The molecule has 0 unspecified atom stereocenters. The highest BCUT2D eigenvalue weighted by molar-refractivity contribution is 5.16. The van der Waals surface area contributed by atoms with Crippen LogP contribution in [0.5, 0.6) is 0 Å². The lowest BCUT2D eigenvalue weighted by molar-refractivity contribution is 0.293. The SMILES string of the molecule is C/C=C(C)\C=C(/C)OC.CC. The molecule has 1 nitrogen and oxygen atoms in total. The van der Waals surface area contributed by atoms with E-state index in [0.29, 0.717) is 0 Å². The Balaban J connectivity index is 0. The first-order chi connectivity index (χ1) is 5.20. The molecule has 0 heterocycles. The molecule has 1 heteroatoms. The molecule has 0 aromatic carbocycles. The minimum absolute atomic E-state index is 0.950. The van der Waals surface area contributed by atoms with Gasteiger partial charge in [0.2, 0.25) is 0 Å². The molecule has 0 aromatic rings. The van der Waals surface area contributed by atoms with Crippen LogP contribution in [0.4, 0.5) is 0 Å². The molecule has 11 heavy (non-hydrogen) atoms. The zero-order valence-electron chi connectivity index (χ0n) is 8.56. The lowest BCUT2D eigenvalue weighted by Crippen LogP contribution is -1.78. The molecule has 0 spiro atoms. The summed E-state index contributed by atoms with van der Waals surface area (Å²) in [4.78, 5) is 0. The Morgan fingerprint density at radius 3 is 1.91 bits per heavy atom. The van der Waals surface area contributed by atoms with Crippen molar-refractivity contribution in [3.8, 4) is 0 Å². The summed E-state index contributed by atoms with van der Waals surface area (Å²) in [7, 11) is 1.68. The van der Waals surface area contributed by atoms with Crippen LogP contribution >= 0.6 is 0 Å². The molecule has 0 aliphatic carbocycles. The van der Waals surface area contributed by atoms with Crippen molar-refractivity contribution in [3.05, 3.63) is 23.5 Å². The Bertz CT molecular complexity index is 132.